The van der Waals surface area contributed by atoms with Crippen molar-refractivity contribution in [3.63, 3.8) is 0 Å². The van der Waals surface area contributed by atoms with Crippen LogP contribution in [-0.4, -0.2) is 10.9 Å². The molecule has 1 aromatic heterocycles. The molecule has 4 heteroatoms. The third kappa shape index (κ3) is 3.30. The van der Waals surface area contributed by atoms with Gasteiger partial charge in [-0.15, -0.1) is 11.3 Å². The van der Waals surface area contributed by atoms with E-state index in [0.717, 1.165) is 19.3 Å². The zero-order chi connectivity index (χ0) is 18.9. The molecule has 1 aliphatic rings. The Morgan fingerprint density at radius 2 is 1.59 bits per heavy atom. The molecule has 0 bridgehead atoms. The van der Waals surface area contributed by atoms with Gasteiger partial charge in [0, 0.05) is 17.0 Å². The summed E-state index contributed by atoms with van der Waals surface area (Å²) in [6.07, 6.45) is 4.59. The quantitative estimate of drug-likeness (QED) is 0.641. The molecule has 3 aromatic rings. The van der Waals surface area contributed by atoms with Crippen LogP contribution in [0.15, 0.2) is 60.1 Å². The molecule has 0 unspecified atom stereocenters. The van der Waals surface area contributed by atoms with E-state index in [0.29, 0.717) is 5.13 Å². The van der Waals surface area contributed by atoms with E-state index in [4.69, 9.17) is 0 Å². The molecule has 3 nitrogen and oxygen atoms in total. The predicted molar refractivity (Wildman–Crippen MR) is 111 cm³/mol. The minimum atomic E-state index is -0.236. The number of anilines is 1. The van der Waals surface area contributed by atoms with Crippen molar-refractivity contribution >= 4 is 22.4 Å². The van der Waals surface area contributed by atoms with E-state index in [1.54, 1.807) is 6.20 Å². The molecule has 0 spiro atoms. The van der Waals surface area contributed by atoms with E-state index in [9.17, 15) is 4.79 Å². The highest BCUT2D eigenvalue weighted by atomic mass is 32.1. The van der Waals surface area contributed by atoms with Gasteiger partial charge in [-0.05, 0) is 41.5 Å². The van der Waals surface area contributed by atoms with Gasteiger partial charge >= 0.3 is 0 Å². The monoisotopic (exact) mass is 376 g/mol. The van der Waals surface area contributed by atoms with Crippen LogP contribution in [0.3, 0.4) is 0 Å². The molecule has 1 atom stereocenters. The lowest BCUT2D eigenvalue weighted by atomic mass is 9.84. The number of aryl methyl sites for hydroxylation is 2. The first kappa shape index (κ1) is 17.9. The molecule has 1 N–H and O–H groups in total. The molecule has 0 radical (unpaired) electrons. The Morgan fingerprint density at radius 3 is 2.04 bits per heavy atom. The summed E-state index contributed by atoms with van der Waals surface area (Å²) in [5.74, 6) is -0.00885. The lowest BCUT2D eigenvalue weighted by Gasteiger charge is -2.20. The fraction of sp³-hybridized carbons (Fsp3) is 0.304. The van der Waals surface area contributed by atoms with Crippen LogP contribution in [0.1, 0.15) is 42.5 Å². The van der Waals surface area contributed by atoms with Crippen LogP contribution in [0.2, 0.25) is 0 Å². The molecule has 1 amide bonds. The highest BCUT2D eigenvalue weighted by Gasteiger charge is 2.60. The minimum Gasteiger partial charge on any atom is -0.302 e. The van der Waals surface area contributed by atoms with Crippen molar-refractivity contribution in [2.75, 3.05) is 5.32 Å². The van der Waals surface area contributed by atoms with Gasteiger partial charge in [-0.3, -0.25) is 4.79 Å². The highest BCUT2D eigenvalue weighted by molar-refractivity contribution is 7.13. The molecule has 1 fully saturated rings. The Labute approximate surface area is 164 Å². The van der Waals surface area contributed by atoms with Crippen LogP contribution in [0.4, 0.5) is 5.13 Å². The molecule has 1 heterocycles. The van der Waals surface area contributed by atoms with Crippen molar-refractivity contribution in [1.29, 1.82) is 0 Å². The predicted octanol–water partition coefficient (Wildman–Crippen LogP) is 5.21. The topological polar surface area (TPSA) is 42.0 Å². The third-order valence-corrected chi connectivity index (χ3v) is 6.38. The van der Waals surface area contributed by atoms with Crippen LogP contribution in [0, 0.1) is 5.92 Å². The maximum Gasteiger partial charge on any atom is 0.230 e. The van der Waals surface area contributed by atoms with Crippen molar-refractivity contribution in [3.8, 4) is 0 Å². The number of carbonyl (C=O) groups is 1. The summed E-state index contributed by atoms with van der Waals surface area (Å²) in [5.41, 5.74) is 4.85. The van der Waals surface area contributed by atoms with Crippen LogP contribution >= 0.6 is 11.3 Å². The van der Waals surface area contributed by atoms with E-state index >= 15 is 0 Å². The smallest absolute Gasteiger partial charge is 0.230 e. The summed E-state index contributed by atoms with van der Waals surface area (Å²) in [4.78, 5) is 17.1. The molecule has 1 saturated carbocycles. The van der Waals surface area contributed by atoms with Gasteiger partial charge in [-0.25, -0.2) is 4.98 Å². The number of hydrogen-bond donors (Lipinski definition) is 1. The SMILES string of the molecule is CCc1ccc(C2(c3ccc(CC)cc3)C[C@H]2C(=O)Nc2nccs2)cc1. The van der Waals surface area contributed by atoms with Gasteiger partial charge in [0.2, 0.25) is 5.91 Å². The zero-order valence-electron chi connectivity index (χ0n) is 15.7. The molecule has 138 valence electrons. The third-order valence-electron chi connectivity index (χ3n) is 5.69. The first-order chi connectivity index (χ1) is 13.2. The Kier molecular flexibility index (Phi) is 4.83. The Morgan fingerprint density at radius 1 is 1.04 bits per heavy atom. The van der Waals surface area contributed by atoms with Gasteiger partial charge in [0.25, 0.3) is 0 Å². The largest absolute Gasteiger partial charge is 0.302 e. The number of benzene rings is 2. The number of aromatic nitrogens is 1. The van der Waals surface area contributed by atoms with Crippen LogP contribution in [-0.2, 0) is 23.1 Å². The standard InChI is InChI=1S/C23H24N2OS/c1-3-16-5-9-18(10-6-16)23(19-11-7-17(4-2)8-12-19)15-20(23)21(26)25-22-24-13-14-27-22/h5-14,20H,3-4,15H2,1-2H3,(H,24,25,26)/t20-/m0/s1. The Balaban J connectivity index is 1.68. The molecular weight excluding hydrogens is 352 g/mol. The van der Waals surface area contributed by atoms with E-state index in [2.05, 4.69) is 72.7 Å². The number of rotatable bonds is 6. The van der Waals surface area contributed by atoms with Gasteiger partial charge in [0.15, 0.2) is 5.13 Å². The first-order valence-corrected chi connectivity index (χ1v) is 10.4. The summed E-state index contributed by atoms with van der Waals surface area (Å²) in [5, 5.41) is 5.54. The summed E-state index contributed by atoms with van der Waals surface area (Å²) < 4.78 is 0. The Bertz CT molecular complexity index is 867. The summed E-state index contributed by atoms with van der Waals surface area (Å²) >= 11 is 1.46. The summed E-state index contributed by atoms with van der Waals surface area (Å²) in [6, 6.07) is 17.5. The van der Waals surface area contributed by atoms with Gasteiger partial charge in [-0.1, -0.05) is 62.4 Å². The number of amides is 1. The average Bonchev–Trinajstić information content (AvgIpc) is 3.29. The van der Waals surface area contributed by atoms with E-state index in [-0.39, 0.29) is 17.2 Å². The molecule has 4 rings (SSSR count). The normalized spacial score (nSPS) is 17.5. The fourth-order valence-corrected chi connectivity index (χ4v) is 4.47. The summed E-state index contributed by atoms with van der Waals surface area (Å²) in [7, 11) is 0. The van der Waals surface area contributed by atoms with Crippen LogP contribution in [0.5, 0.6) is 0 Å². The second-order valence-electron chi connectivity index (χ2n) is 7.16. The van der Waals surface area contributed by atoms with E-state index < -0.39 is 0 Å². The fourth-order valence-electron chi connectivity index (χ4n) is 3.94. The van der Waals surface area contributed by atoms with Crippen molar-refractivity contribution < 1.29 is 4.79 Å². The van der Waals surface area contributed by atoms with Gasteiger partial charge in [0.05, 0.1) is 5.92 Å². The molecule has 1 aliphatic carbocycles. The maximum atomic E-state index is 12.9. The van der Waals surface area contributed by atoms with Gasteiger partial charge in [0.1, 0.15) is 0 Å². The maximum absolute atomic E-state index is 12.9. The lowest BCUT2D eigenvalue weighted by molar-refractivity contribution is -0.117. The minimum absolute atomic E-state index is 0.0593. The first-order valence-electron chi connectivity index (χ1n) is 9.56. The van der Waals surface area contributed by atoms with Crippen LogP contribution in [0.25, 0.3) is 0 Å². The average molecular weight is 377 g/mol. The molecule has 2 aromatic carbocycles. The molecular formula is C23H24N2OS. The van der Waals surface area contributed by atoms with Crippen molar-refractivity contribution in [3.05, 3.63) is 82.4 Å². The second kappa shape index (κ2) is 7.28. The summed E-state index contributed by atoms with van der Waals surface area (Å²) in [6.45, 7) is 4.32. The van der Waals surface area contributed by atoms with E-state index in [1.807, 2.05) is 5.38 Å². The zero-order valence-corrected chi connectivity index (χ0v) is 16.6. The number of hydrogen-bond acceptors (Lipinski definition) is 3. The lowest BCUT2D eigenvalue weighted by Crippen LogP contribution is -2.22. The number of carbonyl (C=O) groups excluding carboxylic acids is 1. The van der Waals surface area contributed by atoms with Gasteiger partial charge in [-0.2, -0.15) is 0 Å². The molecule has 0 aliphatic heterocycles. The second-order valence-corrected chi connectivity index (χ2v) is 8.05. The van der Waals surface area contributed by atoms with Crippen molar-refractivity contribution in [2.24, 2.45) is 5.92 Å². The number of thiazole rings is 1. The molecule has 27 heavy (non-hydrogen) atoms. The Hall–Kier alpha value is -2.46. The van der Waals surface area contributed by atoms with E-state index in [1.165, 1.54) is 33.6 Å². The van der Waals surface area contributed by atoms with Crippen molar-refractivity contribution in [2.45, 2.75) is 38.5 Å². The van der Waals surface area contributed by atoms with Gasteiger partial charge < -0.3 is 5.32 Å². The number of nitrogens with one attached hydrogen (secondary N) is 1. The number of nitrogens with zero attached hydrogens (tertiary/aromatic N) is 1. The highest BCUT2D eigenvalue weighted by Crippen LogP contribution is 2.59. The molecule has 0 saturated heterocycles. The van der Waals surface area contributed by atoms with Crippen molar-refractivity contribution in [1.82, 2.24) is 4.98 Å². The van der Waals surface area contributed by atoms with Crippen LogP contribution < -0.4 is 5.32 Å².